The third kappa shape index (κ3) is 3.80. The van der Waals surface area contributed by atoms with Crippen molar-refractivity contribution in [3.63, 3.8) is 0 Å². The van der Waals surface area contributed by atoms with E-state index in [4.69, 9.17) is 9.47 Å². The summed E-state index contributed by atoms with van der Waals surface area (Å²) < 4.78 is 12.9. The summed E-state index contributed by atoms with van der Waals surface area (Å²) in [6.07, 6.45) is 2.72. The molecule has 0 bridgehead atoms. The molecular weight excluding hydrogens is 332 g/mol. The molecule has 1 saturated heterocycles. The molecule has 134 valence electrons. The van der Waals surface area contributed by atoms with Crippen molar-refractivity contribution in [1.29, 1.82) is 0 Å². The topological polar surface area (TPSA) is 87.0 Å². The van der Waals surface area contributed by atoms with Crippen LogP contribution >= 0.6 is 0 Å². The second-order valence-electron chi connectivity index (χ2n) is 6.21. The number of tetrazole rings is 1. The number of pyridine rings is 1. The monoisotopic (exact) mass is 352 g/mol. The van der Waals surface area contributed by atoms with Gasteiger partial charge in [-0.3, -0.25) is 0 Å². The number of rotatable bonds is 6. The molecule has 3 heterocycles. The fraction of sp³-hybridized carbons (Fsp3) is 0.333. The Bertz CT molecular complexity index is 858. The Morgan fingerprint density at radius 1 is 1.27 bits per heavy atom. The second kappa shape index (κ2) is 7.49. The average molecular weight is 352 g/mol. The molecule has 0 saturated carbocycles. The zero-order valence-electron chi connectivity index (χ0n) is 14.5. The summed E-state index contributed by atoms with van der Waals surface area (Å²) in [5.74, 6) is 1.19. The Balaban J connectivity index is 1.43. The molecule has 0 aliphatic carbocycles. The van der Waals surface area contributed by atoms with Crippen molar-refractivity contribution in [1.82, 2.24) is 25.2 Å². The molecule has 1 atom stereocenters. The lowest BCUT2D eigenvalue weighted by atomic mass is 10.2. The van der Waals surface area contributed by atoms with E-state index in [9.17, 15) is 0 Å². The summed E-state index contributed by atoms with van der Waals surface area (Å²) in [6, 6.07) is 11.9. The molecule has 26 heavy (non-hydrogen) atoms. The maximum absolute atomic E-state index is 5.85. The third-order valence-electron chi connectivity index (χ3n) is 4.17. The highest BCUT2D eigenvalue weighted by molar-refractivity contribution is 5.40. The molecule has 4 rings (SSSR count). The predicted molar refractivity (Wildman–Crippen MR) is 95.3 cm³/mol. The highest BCUT2D eigenvalue weighted by Gasteiger charge is 2.17. The number of anilines is 1. The highest BCUT2D eigenvalue weighted by Crippen LogP contribution is 2.17. The zero-order valence-corrected chi connectivity index (χ0v) is 14.5. The number of nitrogens with zero attached hydrogens (tertiary/aromatic N) is 5. The van der Waals surface area contributed by atoms with Gasteiger partial charge in [-0.15, -0.1) is 0 Å². The first-order valence-corrected chi connectivity index (χ1v) is 8.56. The first-order chi connectivity index (χ1) is 12.8. The van der Waals surface area contributed by atoms with Gasteiger partial charge >= 0.3 is 0 Å². The Labute approximate surface area is 151 Å². The molecule has 0 radical (unpaired) electrons. The van der Waals surface area contributed by atoms with E-state index in [0.717, 1.165) is 24.3 Å². The molecule has 0 amide bonds. The van der Waals surface area contributed by atoms with Crippen molar-refractivity contribution in [3.8, 4) is 11.6 Å². The van der Waals surface area contributed by atoms with E-state index >= 15 is 0 Å². The SMILES string of the molecule is Cc1ccc(-n2nnnc2NCc2ccnc(OC3CCOC3)c2)cc1. The van der Waals surface area contributed by atoms with E-state index in [1.54, 1.807) is 10.9 Å². The normalized spacial score (nSPS) is 16.6. The summed E-state index contributed by atoms with van der Waals surface area (Å²) in [5.41, 5.74) is 3.13. The fourth-order valence-corrected chi connectivity index (χ4v) is 2.74. The molecule has 1 unspecified atom stereocenters. The van der Waals surface area contributed by atoms with Gasteiger partial charge in [0.05, 0.1) is 18.9 Å². The summed E-state index contributed by atoms with van der Waals surface area (Å²) in [7, 11) is 0. The van der Waals surface area contributed by atoms with E-state index < -0.39 is 0 Å². The number of aryl methyl sites for hydroxylation is 1. The van der Waals surface area contributed by atoms with Crippen molar-refractivity contribution in [2.45, 2.75) is 26.0 Å². The van der Waals surface area contributed by atoms with Crippen LogP contribution in [0.25, 0.3) is 5.69 Å². The molecule has 1 aliphatic heterocycles. The smallest absolute Gasteiger partial charge is 0.248 e. The highest BCUT2D eigenvalue weighted by atomic mass is 16.5. The van der Waals surface area contributed by atoms with E-state index in [-0.39, 0.29) is 6.10 Å². The van der Waals surface area contributed by atoms with Gasteiger partial charge in [-0.2, -0.15) is 4.68 Å². The summed E-state index contributed by atoms with van der Waals surface area (Å²) in [5, 5.41) is 15.2. The third-order valence-corrected chi connectivity index (χ3v) is 4.17. The van der Waals surface area contributed by atoms with Crippen LogP contribution in [0.5, 0.6) is 5.88 Å². The van der Waals surface area contributed by atoms with Gasteiger partial charge in [-0.05, 0) is 41.1 Å². The second-order valence-corrected chi connectivity index (χ2v) is 6.21. The van der Waals surface area contributed by atoms with Crippen molar-refractivity contribution >= 4 is 5.95 Å². The van der Waals surface area contributed by atoms with Gasteiger partial charge in [0.15, 0.2) is 0 Å². The van der Waals surface area contributed by atoms with Crippen LogP contribution in [-0.4, -0.2) is 44.5 Å². The van der Waals surface area contributed by atoms with E-state index in [2.05, 4.69) is 25.8 Å². The quantitative estimate of drug-likeness (QED) is 0.727. The van der Waals surface area contributed by atoms with Crippen LogP contribution in [-0.2, 0) is 11.3 Å². The van der Waals surface area contributed by atoms with E-state index in [0.29, 0.717) is 25.0 Å². The van der Waals surface area contributed by atoms with Crippen molar-refractivity contribution in [2.75, 3.05) is 18.5 Å². The molecule has 8 nitrogen and oxygen atoms in total. The molecule has 8 heteroatoms. The standard InChI is InChI=1S/C18H20N6O2/c1-13-2-4-15(5-3-13)24-18(21-22-23-24)20-11-14-6-8-19-17(10-14)26-16-7-9-25-12-16/h2-6,8,10,16H,7,9,11-12H2,1H3,(H,20,21,23). The molecule has 1 aliphatic rings. The van der Waals surface area contributed by atoms with Gasteiger partial charge in [-0.25, -0.2) is 4.98 Å². The van der Waals surface area contributed by atoms with Crippen molar-refractivity contribution in [2.24, 2.45) is 0 Å². The van der Waals surface area contributed by atoms with Crippen LogP contribution in [0.2, 0.25) is 0 Å². The maximum atomic E-state index is 5.85. The molecule has 1 N–H and O–H groups in total. The Kier molecular flexibility index (Phi) is 4.74. The molecular formula is C18H20N6O2. The number of ether oxygens (including phenoxy) is 2. The van der Waals surface area contributed by atoms with Crippen LogP contribution in [0.15, 0.2) is 42.6 Å². The van der Waals surface area contributed by atoms with Crippen LogP contribution in [0.3, 0.4) is 0 Å². The molecule has 1 fully saturated rings. The van der Waals surface area contributed by atoms with E-state index in [1.807, 2.05) is 43.3 Å². The summed E-state index contributed by atoms with van der Waals surface area (Å²) in [4.78, 5) is 4.27. The number of aromatic nitrogens is 5. The van der Waals surface area contributed by atoms with Gasteiger partial charge in [0, 0.05) is 25.2 Å². The summed E-state index contributed by atoms with van der Waals surface area (Å²) >= 11 is 0. The van der Waals surface area contributed by atoms with Crippen LogP contribution in [0, 0.1) is 6.92 Å². The number of hydrogen-bond donors (Lipinski definition) is 1. The van der Waals surface area contributed by atoms with Crippen molar-refractivity contribution in [3.05, 3.63) is 53.7 Å². The Hall–Kier alpha value is -3.00. The lowest BCUT2D eigenvalue weighted by molar-refractivity contribution is 0.138. The van der Waals surface area contributed by atoms with Gasteiger partial charge < -0.3 is 14.8 Å². The van der Waals surface area contributed by atoms with E-state index in [1.165, 1.54) is 5.56 Å². The molecule has 2 aromatic heterocycles. The predicted octanol–water partition coefficient (Wildman–Crippen LogP) is 2.15. The lowest BCUT2D eigenvalue weighted by Gasteiger charge is -2.12. The lowest BCUT2D eigenvalue weighted by Crippen LogP contribution is -2.16. The van der Waals surface area contributed by atoms with Gasteiger partial charge in [0.25, 0.3) is 0 Å². The van der Waals surface area contributed by atoms with Crippen LogP contribution in [0.4, 0.5) is 5.95 Å². The minimum Gasteiger partial charge on any atom is -0.472 e. The maximum Gasteiger partial charge on any atom is 0.248 e. The Morgan fingerprint density at radius 3 is 2.96 bits per heavy atom. The summed E-state index contributed by atoms with van der Waals surface area (Å²) in [6.45, 7) is 3.97. The number of benzene rings is 1. The largest absolute Gasteiger partial charge is 0.472 e. The van der Waals surface area contributed by atoms with Gasteiger partial charge in [0.1, 0.15) is 6.10 Å². The average Bonchev–Trinajstić information content (AvgIpc) is 3.33. The van der Waals surface area contributed by atoms with Gasteiger partial charge in [-0.1, -0.05) is 22.8 Å². The minimum absolute atomic E-state index is 0.0829. The molecule has 0 spiro atoms. The zero-order chi connectivity index (χ0) is 17.8. The van der Waals surface area contributed by atoms with Crippen molar-refractivity contribution < 1.29 is 9.47 Å². The number of nitrogens with one attached hydrogen (secondary N) is 1. The van der Waals surface area contributed by atoms with Crippen LogP contribution < -0.4 is 10.1 Å². The minimum atomic E-state index is 0.0829. The Morgan fingerprint density at radius 2 is 2.15 bits per heavy atom. The molecule has 3 aromatic rings. The fourth-order valence-electron chi connectivity index (χ4n) is 2.74. The molecule has 1 aromatic carbocycles. The van der Waals surface area contributed by atoms with Crippen LogP contribution in [0.1, 0.15) is 17.5 Å². The van der Waals surface area contributed by atoms with Gasteiger partial charge in [0.2, 0.25) is 11.8 Å². The first kappa shape index (κ1) is 16.5. The first-order valence-electron chi connectivity index (χ1n) is 8.56. The number of hydrogen-bond acceptors (Lipinski definition) is 7.